The van der Waals surface area contributed by atoms with Gasteiger partial charge in [0.1, 0.15) is 0 Å². The molecule has 1 aliphatic heterocycles. The lowest BCUT2D eigenvalue weighted by Gasteiger charge is -2.13. The molecule has 1 N–H and O–H groups in total. The summed E-state index contributed by atoms with van der Waals surface area (Å²) in [7, 11) is 0. The van der Waals surface area contributed by atoms with Gasteiger partial charge in [0, 0.05) is 6.04 Å². The summed E-state index contributed by atoms with van der Waals surface area (Å²) in [5, 5.41) is 3.44. The molecule has 0 saturated heterocycles. The minimum Gasteiger partial charge on any atom is -0.454 e. The molecule has 0 amide bonds. The summed E-state index contributed by atoms with van der Waals surface area (Å²) in [4.78, 5) is 0. The average molecular weight is 207 g/mol. The quantitative estimate of drug-likeness (QED) is 0.822. The Morgan fingerprint density at radius 3 is 2.93 bits per heavy atom. The highest BCUT2D eigenvalue weighted by atomic mass is 16.7. The van der Waals surface area contributed by atoms with Crippen LogP contribution < -0.4 is 14.8 Å². The Hall–Kier alpha value is -1.22. The summed E-state index contributed by atoms with van der Waals surface area (Å²) < 4.78 is 10.6. The maximum Gasteiger partial charge on any atom is 0.231 e. The van der Waals surface area contributed by atoms with Gasteiger partial charge in [-0.3, -0.25) is 0 Å². The van der Waals surface area contributed by atoms with Crippen LogP contribution in [0.2, 0.25) is 0 Å². The molecule has 0 radical (unpaired) electrons. The summed E-state index contributed by atoms with van der Waals surface area (Å²) in [6.07, 6.45) is 1.15. The highest BCUT2D eigenvalue weighted by Crippen LogP contribution is 2.33. The Morgan fingerprint density at radius 1 is 1.33 bits per heavy atom. The molecule has 1 heterocycles. The lowest BCUT2D eigenvalue weighted by Crippen LogP contribution is -2.19. The van der Waals surface area contributed by atoms with E-state index in [1.165, 1.54) is 5.56 Å². The molecule has 15 heavy (non-hydrogen) atoms. The molecule has 2 rings (SSSR count). The molecule has 0 aliphatic carbocycles. The van der Waals surface area contributed by atoms with E-state index in [4.69, 9.17) is 9.47 Å². The Morgan fingerprint density at radius 2 is 2.13 bits per heavy atom. The summed E-state index contributed by atoms with van der Waals surface area (Å²) in [6, 6.07) is 6.47. The molecule has 0 spiro atoms. The number of hydrogen-bond acceptors (Lipinski definition) is 3. The molecule has 1 aromatic rings. The van der Waals surface area contributed by atoms with Crippen molar-refractivity contribution >= 4 is 0 Å². The SMILES string of the molecule is CCCNC(C)c1ccc2c(c1)OCO2. The topological polar surface area (TPSA) is 30.5 Å². The minimum atomic E-state index is 0.343. The van der Waals surface area contributed by atoms with Crippen LogP contribution >= 0.6 is 0 Å². The van der Waals surface area contributed by atoms with E-state index < -0.39 is 0 Å². The van der Waals surface area contributed by atoms with Crippen molar-refractivity contribution in [3.05, 3.63) is 23.8 Å². The van der Waals surface area contributed by atoms with Crippen LogP contribution in [0, 0.1) is 0 Å². The fraction of sp³-hybridized carbons (Fsp3) is 0.500. The maximum atomic E-state index is 5.34. The van der Waals surface area contributed by atoms with Crippen molar-refractivity contribution in [2.75, 3.05) is 13.3 Å². The van der Waals surface area contributed by atoms with Gasteiger partial charge in [-0.2, -0.15) is 0 Å². The minimum absolute atomic E-state index is 0.343. The van der Waals surface area contributed by atoms with Gasteiger partial charge in [-0.1, -0.05) is 13.0 Å². The largest absolute Gasteiger partial charge is 0.454 e. The molecule has 1 unspecified atom stereocenters. The first-order valence-corrected chi connectivity index (χ1v) is 5.44. The van der Waals surface area contributed by atoms with E-state index in [1.54, 1.807) is 0 Å². The molecule has 0 bridgehead atoms. The maximum absolute atomic E-state index is 5.34. The van der Waals surface area contributed by atoms with Crippen LogP contribution in [0.25, 0.3) is 0 Å². The van der Waals surface area contributed by atoms with Crippen LogP contribution in [0.3, 0.4) is 0 Å². The molecule has 3 nitrogen and oxygen atoms in total. The van der Waals surface area contributed by atoms with Gasteiger partial charge in [-0.15, -0.1) is 0 Å². The zero-order chi connectivity index (χ0) is 10.7. The number of fused-ring (bicyclic) bond motifs is 1. The third-order valence-corrected chi connectivity index (χ3v) is 2.60. The lowest BCUT2D eigenvalue weighted by molar-refractivity contribution is 0.174. The number of ether oxygens (including phenoxy) is 2. The van der Waals surface area contributed by atoms with Crippen molar-refractivity contribution in [1.29, 1.82) is 0 Å². The van der Waals surface area contributed by atoms with E-state index in [1.807, 2.05) is 6.07 Å². The van der Waals surface area contributed by atoms with E-state index >= 15 is 0 Å². The van der Waals surface area contributed by atoms with Crippen molar-refractivity contribution in [1.82, 2.24) is 5.32 Å². The normalized spacial score (nSPS) is 15.3. The highest BCUT2D eigenvalue weighted by Gasteiger charge is 2.15. The van der Waals surface area contributed by atoms with Crippen LogP contribution in [-0.2, 0) is 0 Å². The lowest BCUT2D eigenvalue weighted by atomic mass is 10.1. The molecule has 0 saturated carbocycles. The van der Waals surface area contributed by atoms with E-state index in [9.17, 15) is 0 Å². The number of benzene rings is 1. The Kier molecular flexibility index (Phi) is 3.11. The van der Waals surface area contributed by atoms with Crippen LogP contribution in [0.5, 0.6) is 11.5 Å². The fourth-order valence-corrected chi connectivity index (χ4v) is 1.66. The van der Waals surface area contributed by atoms with Crippen LogP contribution in [0.1, 0.15) is 31.9 Å². The predicted molar refractivity (Wildman–Crippen MR) is 59.3 cm³/mol. The molecule has 1 aliphatic rings. The summed E-state index contributed by atoms with van der Waals surface area (Å²) in [6.45, 7) is 5.71. The van der Waals surface area contributed by atoms with Crippen molar-refractivity contribution in [3.8, 4) is 11.5 Å². The third-order valence-electron chi connectivity index (χ3n) is 2.60. The van der Waals surface area contributed by atoms with E-state index in [2.05, 4.69) is 31.3 Å². The van der Waals surface area contributed by atoms with Gasteiger partial charge < -0.3 is 14.8 Å². The second-order valence-electron chi connectivity index (χ2n) is 3.79. The van der Waals surface area contributed by atoms with Crippen LogP contribution in [0.15, 0.2) is 18.2 Å². The Balaban J connectivity index is 2.08. The molecule has 1 atom stereocenters. The van der Waals surface area contributed by atoms with Crippen molar-refractivity contribution in [3.63, 3.8) is 0 Å². The van der Waals surface area contributed by atoms with E-state index in [-0.39, 0.29) is 0 Å². The number of hydrogen-bond donors (Lipinski definition) is 1. The van der Waals surface area contributed by atoms with Crippen molar-refractivity contribution in [2.24, 2.45) is 0 Å². The van der Waals surface area contributed by atoms with E-state index in [0.717, 1.165) is 24.5 Å². The van der Waals surface area contributed by atoms with Gasteiger partial charge in [0.05, 0.1) is 0 Å². The van der Waals surface area contributed by atoms with Gasteiger partial charge in [0.15, 0.2) is 11.5 Å². The summed E-state index contributed by atoms with van der Waals surface area (Å²) in [5.41, 5.74) is 1.24. The second kappa shape index (κ2) is 4.53. The first kappa shape index (κ1) is 10.3. The van der Waals surface area contributed by atoms with E-state index in [0.29, 0.717) is 12.8 Å². The number of nitrogens with one attached hydrogen (secondary N) is 1. The smallest absolute Gasteiger partial charge is 0.231 e. The molecular formula is C12H17NO2. The van der Waals surface area contributed by atoms with Crippen molar-refractivity contribution < 1.29 is 9.47 Å². The van der Waals surface area contributed by atoms with Crippen LogP contribution in [-0.4, -0.2) is 13.3 Å². The molecular weight excluding hydrogens is 190 g/mol. The zero-order valence-corrected chi connectivity index (χ0v) is 9.25. The zero-order valence-electron chi connectivity index (χ0n) is 9.25. The van der Waals surface area contributed by atoms with Gasteiger partial charge in [0.25, 0.3) is 0 Å². The second-order valence-corrected chi connectivity index (χ2v) is 3.79. The molecule has 1 aromatic carbocycles. The monoisotopic (exact) mass is 207 g/mol. The fourth-order valence-electron chi connectivity index (χ4n) is 1.66. The molecule has 82 valence electrons. The number of rotatable bonds is 4. The first-order chi connectivity index (χ1) is 7.31. The predicted octanol–water partition coefficient (Wildman–Crippen LogP) is 2.48. The molecule has 0 aromatic heterocycles. The highest BCUT2D eigenvalue weighted by molar-refractivity contribution is 5.45. The first-order valence-electron chi connectivity index (χ1n) is 5.44. The third kappa shape index (κ3) is 2.23. The summed E-state index contributed by atoms with van der Waals surface area (Å²) in [5.74, 6) is 1.71. The summed E-state index contributed by atoms with van der Waals surface area (Å²) >= 11 is 0. The van der Waals surface area contributed by atoms with Gasteiger partial charge in [0.2, 0.25) is 6.79 Å². The average Bonchev–Trinajstić information content (AvgIpc) is 2.72. The van der Waals surface area contributed by atoms with Crippen molar-refractivity contribution in [2.45, 2.75) is 26.3 Å². The Labute approximate surface area is 90.4 Å². The van der Waals surface area contributed by atoms with Gasteiger partial charge in [-0.25, -0.2) is 0 Å². The van der Waals surface area contributed by atoms with Crippen LogP contribution in [0.4, 0.5) is 0 Å². The Bertz CT molecular complexity index is 338. The van der Waals surface area contributed by atoms with Gasteiger partial charge in [-0.05, 0) is 37.6 Å². The standard InChI is InChI=1S/C12H17NO2/c1-3-6-13-9(2)10-4-5-11-12(7-10)15-8-14-11/h4-5,7,9,13H,3,6,8H2,1-2H3. The van der Waals surface area contributed by atoms with Gasteiger partial charge >= 0.3 is 0 Å². The molecule has 0 fully saturated rings. The molecule has 3 heteroatoms.